The highest BCUT2D eigenvalue weighted by Gasteiger charge is 2.45. The van der Waals surface area contributed by atoms with E-state index in [2.05, 4.69) is 0 Å². The fourth-order valence-corrected chi connectivity index (χ4v) is 4.60. The van der Waals surface area contributed by atoms with Crippen molar-refractivity contribution in [3.63, 3.8) is 0 Å². The van der Waals surface area contributed by atoms with E-state index in [0.29, 0.717) is 5.76 Å². The molecule has 168 valence electrons. The molecule has 2 unspecified atom stereocenters. The number of amides is 1. The van der Waals surface area contributed by atoms with E-state index in [-0.39, 0.29) is 16.5 Å². The van der Waals surface area contributed by atoms with Gasteiger partial charge in [0.05, 0.1) is 28.8 Å². The Balaban J connectivity index is 1.40. The maximum Gasteiger partial charge on any atom is 0.340 e. The molecule has 1 aliphatic heterocycles. The minimum Gasteiger partial charge on any atom is -0.467 e. The first-order chi connectivity index (χ1) is 16.1. The van der Waals surface area contributed by atoms with Crippen LogP contribution in [0.15, 0.2) is 80.6 Å². The Bertz CT molecular complexity index is 1210. The molecule has 1 fully saturated rings. The molecule has 1 amide bonds. The van der Waals surface area contributed by atoms with Crippen LogP contribution in [0.5, 0.6) is 0 Å². The van der Waals surface area contributed by atoms with Crippen LogP contribution in [-0.4, -0.2) is 29.2 Å². The number of hydrazone groups is 1. The number of esters is 1. The molecule has 0 saturated heterocycles. The van der Waals surface area contributed by atoms with Crippen LogP contribution in [0.2, 0.25) is 5.02 Å². The number of carbonyl (C=O) groups is 2. The number of hydrogen-bond acceptors (Lipinski definition) is 6. The zero-order chi connectivity index (χ0) is 22.8. The third-order valence-electron chi connectivity index (χ3n) is 5.87. The molecule has 33 heavy (non-hydrogen) atoms. The van der Waals surface area contributed by atoms with Gasteiger partial charge in [-0.15, -0.1) is 0 Å². The second-order valence-corrected chi connectivity index (χ2v) is 8.33. The number of furan rings is 2. The zero-order valence-corrected chi connectivity index (χ0v) is 18.4. The molecule has 2 aliphatic rings. The number of carbonyl (C=O) groups excluding carboxylic acids is 2. The Kier molecular flexibility index (Phi) is 5.88. The minimum atomic E-state index is -0.661. The van der Waals surface area contributed by atoms with Gasteiger partial charge in [0, 0.05) is 5.92 Å². The third kappa shape index (κ3) is 4.24. The van der Waals surface area contributed by atoms with Crippen molar-refractivity contribution in [2.24, 2.45) is 11.0 Å². The summed E-state index contributed by atoms with van der Waals surface area (Å²) in [6.45, 7) is -0.456. The number of halogens is 1. The Morgan fingerprint density at radius 2 is 1.94 bits per heavy atom. The van der Waals surface area contributed by atoms with E-state index in [9.17, 15) is 9.59 Å². The lowest BCUT2D eigenvalue weighted by atomic mass is 9.79. The smallest absolute Gasteiger partial charge is 0.340 e. The maximum absolute atomic E-state index is 13.2. The summed E-state index contributed by atoms with van der Waals surface area (Å²) in [7, 11) is 0. The molecule has 7 nitrogen and oxygen atoms in total. The standard InChI is InChI=1S/C25H21ClN2O5/c26-20-10-2-1-8-18(20)25(30)33-15-22(29)28-24(21-11-5-13-32-21)19-9-3-6-16(23(19)27-28)14-17-7-4-12-31-17/h1-2,4-5,7-8,10-14,19,24H,3,6,9,15H2/b16-14-. The number of fused-ring (bicyclic) bond motifs is 1. The topological polar surface area (TPSA) is 85.3 Å². The lowest BCUT2D eigenvalue weighted by Gasteiger charge is -2.27. The van der Waals surface area contributed by atoms with Crippen LogP contribution < -0.4 is 0 Å². The predicted octanol–water partition coefficient (Wildman–Crippen LogP) is 5.51. The van der Waals surface area contributed by atoms with Gasteiger partial charge in [-0.25, -0.2) is 9.80 Å². The lowest BCUT2D eigenvalue weighted by molar-refractivity contribution is -0.137. The molecule has 3 heterocycles. The van der Waals surface area contributed by atoms with E-state index in [0.717, 1.165) is 36.3 Å². The molecule has 2 aromatic heterocycles. The number of benzene rings is 1. The monoisotopic (exact) mass is 464 g/mol. The first-order valence-electron chi connectivity index (χ1n) is 10.7. The van der Waals surface area contributed by atoms with Crippen LogP contribution >= 0.6 is 11.6 Å². The van der Waals surface area contributed by atoms with Gasteiger partial charge in [-0.1, -0.05) is 23.7 Å². The fourth-order valence-electron chi connectivity index (χ4n) is 4.39. The van der Waals surface area contributed by atoms with E-state index >= 15 is 0 Å². The van der Waals surface area contributed by atoms with E-state index in [1.54, 1.807) is 42.9 Å². The molecule has 1 aliphatic carbocycles. The van der Waals surface area contributed by atoms with Gasteiger partial charge in [0.25, 0.3) is 5.91 Å². The molecule has 1 aromatic carbocycles. The van der Waals surface area contributed by atoms with Crippen LogP contribution in [0.3, 0.4) is 0 Å². The van der Waals surface area contributed by atoms with Crippen molar-refractivity contribution < 1.29 is 23.2 Å². The van der Waals surface area contributed by atoms with Crippen molar-refractivity contribution in [3.05, 3.63) is 88.7 Å². The van der Waals surface area contributed by atoms with Crippen molar-refractivity contribution >= 4 is 35.3 Å². The van der Waals surface area contributed by atoms with Crippen LogP contribution in [-0.2, 0) is 9.53 Å². The maximum atomic E-state index is 13.2. The second kappa shape index (κ2) is 9.11. The van der Waals surface area contributed by atoms with Crippen LogP contribution in [0.1, 0.15) is 47.2 Å². The third-order valence-corrected chi connectivity index (χ3v) is 6.20. The Morgan fingerprint density at radius 3 is 2.70 bits per heavy atom. The Morgan fingerprint density at radius 1 is 1.12 bits per heavy atom. The van der Waals surface area contributed by atoms with Gasteiger partial charge < -0.3 is 13.6 Å². The fraction of sp³-hybridized carbons (Fsp3) is 0.240. The second-order valence-electron chi connectivity index (χ2n) is 7.92. The van der Waals surface area contributed by atoms with Gasteiger partial charge in [-0.3, -0.25) is 4.79 Å². The van der Waals surface area contributed by atoms with Gasteiger partial charge >= 0.3 is 5.97 Å². The van der Waals surface area contributed by atoms with E-state index < -0.39 is 24.5 Å². The Hall–Kier alpha value is -3.58. The van der Waals surface area contributed by atoms with Gasteiger partial charge in [-0.2, -0.15) is 5.10 Å². The van der Waals surface area contributed by atoms with Crippen molar-refractivity contribution in [1.29, 1.82) is 0 Å². The first-order valence-corrected chi connectivity index (χ1v) is 11.1. The summed E-state index contributed by atoms with van der Waals surface area (Å²) in [6.07, 6.45) is 7.83. The molecular formula is C25H21ClN2O5. The highest BCUT2D eigenvalue weighted by Crippen LogP contribution is 2.44. The number of rotatable bonds is 5. The Labute approximate surface area is 195 Å². The van der Waals surface area contributed by atoms with Crippen LogP contribution in [0.25, 0.3) is 6.08 Å². The number of hydrogen-bond donors (Lipinski definition) is 0. The summed E-state index contributed by atoms with van der Waals surface area (Å²) in [5.74, 6) is 0.265. The van der Waals surface area contributed by atoms with E-state index in [1.165, 1.54) is 5.01 Å². The van der Waals surface area contributed by atoms with Gasteiger partial charge in [0.1, 0.15) is 17.6 Å². The number of nitrogens with zero attached hydrogens (tertiary/aromatic N) is 2. The number of ether oxygens (including phenoxy) is 1. The highest BCUT2D eigenvalue weighted by atomic mass is 35.5. The van der Waals surface area contributed by atoms with Crippen molar-refractivity contribution in [1.82, 2.24) is 5.01 Å². The van der Waals surface area contributed by atoms with Crippen LogP contribution in [0.4, 0.5) is 0 Å². The van der Waals surface area contributed by atoms with E-state index in [4.69, 9.17) is 30.3 Å². The van der Waals surface area contributed by atoms with Gasteiger partial charge in [0.15, 0.2) is 6.61 Å². The van der Waals surface area contributed by atoms with Crippen molar-refractivity contribution in [3.8, 4) is 0 Å². The quantitative estimate of drug-likeness (QED) is 0.465. The highest BCUT2D eigenvalue weighted by molar-refractivity contribution is 6.33. The SMILES string of the molecule is O=C(OCC(=O)N1N=C2/C(=C\c3ccco3)CCCC2C1c1ccco1)c1ccccc1Cl. The number of allylic oxidation sites excluding steroid dienone is 1. The van der Waals surface area contributed by atoms with Gasteiger partial charge in [-0.05, 0) is 67.3 Å². The predicted molar refractivity (Wildman–Crippen MR) is 121 cm³/mol. The lowest BCUT2D eigenvalue weighted by Crippen LogP contribution is -2.34. The molecule has 3 aromatic rings. The summed E-state index contributed by atoms with van der Waals surface area (Å²) < 4.78 is 16.4. The summed E-state index contributed by atoms with van der Waals surface area (Å²) in [4.78, 5) is 25.6. The zero-order valence-electron chi connectivity index (χ0n) is 17.6. The molecule has 1 saturated carbocycles. The average Bonchev–Trinajstić information content (AvgIpc) is 3.58. The van der Waals surface area contributed by atoms with Crippen LogP contribution in [0, 0.1) is 5.92 Å². The molecule has 0 N–H and O–H groups in total. The van der Waals surface area contributed by atoms with E-state index in [1.807, 2.05) is 24.3 Å². The molecule has 8 heteroatoms. The van der Waals surface area contributed by atoms with Gasteiger partial charge in [0.2, 0.25) is 0 Å². The largest absolute Gasteiger partial charge is 0.467 e. The summed E-state index contributed by atoms with van der Waals surface area (Å²) in [6, 6.07) is 13.5. The summed E-state index contributed by atoms with van der Waals surface area (Å²) >= 11 is 6.06. The van der Waals surface area contributed by atoms with Crippen molar-refractivity contribution in [2.45, 2.75) is 25.3 Å². The molecule has 2 atom stereocenters. The normalized spacial score (nSPS) is 21.1. The molecular weight excluding hydrogens is 444 g/mol. The average molecular weight is 465 g/mol. The molecule has 0 radical (unpaired) electrons. The molecule has 0 spiro atoms. The first kappa shape index (κ1) is 21.3. The molecule has 5 rings (SSSR count). The van der Waals surface area contributed by atoms with Crippen molar-refractivity contribution in [2.75, 3.05) is 6.61 Å². The summed E-state index contributed by atoms with van der Waals surface area (Å²) in [5, 5.41) is 6.35. The minimum absolute atomic E-state index is 0.0191. The summed E-state index contributed by atoms with van der Waals surface area (Å²) in [5.41, 5.74) is 2.07. The molecule has 0 bridgehead atoms.